The summed E-state index contributed by atoms with van der Waals surface area (Å²) in [6.45, 7) is -0.874. The van der Waals surface area contributed by atoms with Crippen molar-refractivity contribution in [1.29, 1.82) is 0 Å². The predicted molar refractivity (Wildman–Crippen MR) is 155 cm³/mol. The molecule has 1 unspecified atom stereocenters. The van der Waals surface area contributed by atoms with Crippen molar-refractivity contribution >= 4 is 46.0 Å². The van der Waals surface area contributed by atoms with Gasteiger partial charge < -0.3 is 24.3 Å². The fourth-order valence-corrected chi connectivity index (χ4v) is 6.25. The topological polar surface area (TPSA) is 89.9 Å². The van der Waals surface area contributed by atoms with Crippen molar-refractivity contribution in [3.05, 3.63) is 64.6 Å². The molecule has 2 aromatic carbocycles. The summed E-state index contributed by atoms with van der Waals surface area (Å²) < 4.78 is 56.5. The molecule has 230 valence electrons. The number of nitrogens with zero attached hydrogens (tertiary/aromatic N) is 2. The van der Waals surface area contributed by atoms with Gasteiger partial charge in [-0.05, 0) is 49.4 Å². The van der Waals surface area contributed by atoms with E-state index in [0.717, 1.165) is 21.9 Å². The standard InChI is InChI=1S/C31H33ClF3N3O5/c1-37-15-23(22-5-3-4-6-27(22)37)29(40)36-26-13-25(33)19(11-24(26)32)12-28(39)38-17-31(34,35)14-20(38)16-43-21-9-7-18(8-10-21)30(41)42-2/h3-6,11,13,15,18,20-21H,7-10,12,14,16-17H2,1-2H3,(H,36,40). The fraction of sp³-hybridized carbons (Fsp3) is 0.452. The molecule has 0 spiro atoms. The lowest BCUT2D eigenvalue weighted by Crippen LogP contribution is -2.41. The van der Waals surface area contributed by atoms with Crippen LogP contribution in [0.15, 0.2) is 42.6 Å². The number of carbonyl (C=O) groups is 3. The third kappa shape index (κ3) is 6.83. The Morgan fingerprint density at radius 2 is 1.84 bits per heavy atom. The van der Waals surface area contributed by atoms with E-state index in [2.05, 4.69) is 5.32 Å². The lowest BCUT2D eigenvalue weighted by atomic mass is 9.87. The monoisotopic (exact) mass is 619 g/mol. The van der Waals surface area contributed by atoms with Crippen LogP contribution in [0.3, 0.4) is 0 Å². The number of alkyl halides is 2. The Labute approximate surface area is 252 Å². The van der Waals surface area contributed by atoms with Crippen LogP contribution in [0.5, 0.6) is 0 Å². The third-order valence-corrected chi connectivity index (χ3v) is 8.61. The van der Waals surface area contributed by atoms with E-state index >= 15 is 4.39 Å². The summed E-state index contributed by atoms with van der Waals surface area (Å²) in [7, 11) is 3.15. The summed E-state index contributed by atoms with van der Waals surface area (Å²) in [5.41, 5.74) is 1.18. The maximum atomic E-state index is 15.2. The van der Waals surface area contributed by atoms with Gasteiger partial charge in [0.15, 0.2) is 0 Å². The van der Waals surface area contributed by atoms with Crippen LogP contribution in [0.25, 0.3) is 10.9 Å². The van der Waals surface area contributed by atoms with Crippen LogP contribution in [-0.4, -0.2) is 65.6 Å². The van der Waals surface area contributed by atoms with Crippen molar-refractivity contribution in [3.8, 4) is 0 Å². The smallest absolute Gasteiger partial charge is 0.308 e. The number of rotatable bonds is 8. The highest BCUT2D eigenvalue weighted by molar-refractivity contribution is 6.34. The summed E-state index contributed by atoms with van der Waals surface area (Å²) in [5.74, 6) is -5.52. The summed E-state index contributed by atoms with van der Waals surface area (Å²) in [5, 5.41) is 3.35. The van der Waals surface area contributed by atoms with Crippen molar-refractivity contribution in [2.75, 3.05) is 25.6 Å². The molecular weight excluding hydrogens is 587 g/mol. The molecule has 12 heteroatoms. The molecule has 1 aliphatic carbocycles. The highest BCUT2D eigenvalue weighted by Crippen LogP contribution is 2.35. The number of ether oxygens (including phenoxy) is 2. The number of likely N-dealkylation sites (tertiary alicyclic amines) is 1. The lowest BCUT2D eigenvalue weighted by Gasteiger charge is -2.30. The van der Waals surface area contributed by atoms with Gasteiger partial charge in [-0.2, -0.15) is 0 Å². The fourth-order valence-electron chi connectivity index (χ4n) is 6.01. The first-order chi connectivity index (χ1) is 20.5. The maximum absolute atomic E-state index is 15.2. The van der Waals surface area contributed by atoms with Gasteiger partial charge in [-0.1, -0.05) is 29.8 Å². The molecule has 1 saturated heterocycles. The maximum Gasteiger partial charge on any atom is 0.308 e. The van der Waals surface area contributed by atoms with Crippen LogP contribution in [0.1, 0.15) is 48.0 Å². The van der Waals surface area contributed by atoms with Crippen molar-refractivity contribution in [3.63, 3.8) is 0 Å². The van der Waals surface area contributed by atoms with Gasteiger partial charge in [-0.3, -0.25) is 14.4 Å². The van der Waals surface area contributed by atoms with E-state index in [1.165, 1.54) is 13.2 Å². The molecule has 2 amide bonds. The highest BCUT2D eigenvalue weighted by Gasteiger charge is 2.47. The Hall–Kier alpha value is -3.57. The predicted octanol–water partition coefficient (Wildman–Crippen LogP) is 5.75. The summed E-state index contributed by atoms with van der Waals surface area (Å²) in [4.78, 5) is 39.0. The Kier molecular flexibility index (Phi) is 9.03. The Bertz CT molecular complexity index is 1540. The molecule has 1 N–H and O–H groups in total. The number of amides is 2. The van der Waals surface area contributed by atoms with E-state index < -0.39 is 49.0 Å². The number of methoxy groups -OCH3 is 1. The average molecular weight is 620 g/mol. The van der Waals surface area contributed by atoms with Gasteiger partial charge in [0.2, 0.25) is 5.91 Å². The first-order valence-electron chi connectivity index (χ1n) is 14.2. The van der Waals surface area contributed by atoms with Crippen LogP contribution >= 0.6 is 11.6 Å². The van der Waals surface area contributed by atoms with Crippen LogP contribution in [-0.2, 0) is 32.5 Å². The van der Waals surface area contributed by atoms with E-state index in [0.29, 0.717) is 31.2 Å². The van der Waals surface area contributed by atoms with E-state index in [-0.39, 0.29) is 40.9 Å². The number of nitrogens with one attached hydrogen (secondary N) is 1. The number of aromatic nitrogens is 1. The molecule has 1 saturated carbocycles. The zero-order chi connectivity index (χ0) is 30.9. The van der Waals surface area contributed by atoms with E-state index in [9.17, 15) is 23.2 Å². The van der Waals surface area contributed by atoms with Gasteiger partial charge in [0.05, 0.1) is 61.0 Å². The van der Waals surface area contributed by atoms with Gasteiger partial charge >= 0.3 is 5.97 Å². The SMILES string of the molecule is COC(=O)C1CCC(OCC2CC(F)(F)CN2C(=O)Cc2cc(Cl)c(NC(=O)c3cn(C)c4ccccc34)cc2F)CC1. The molecule has 1 atom stereocenters. The van der Waals surface area contributed by atoms with Crippen molar-refractivity contribution < 1.29 is 37.0 Å². The second kappa shape index (κ2) is 12.6. The molecule has 1 aromatic heterocycles. The highest BCUT2D eigenvalue weighted by atomic mass is 35.5. The first-order valence-corrected chi connectivity index (χ1v) is 14.5. The molecule has 0 bridgehead atoms. The van der Waals surface area contributed by atoms with Gasteiger partial charge in [0.1, 0.15) is 5.82 Å². The number of anilines is 1. The molecule has 0 radical (unpaired) electrons. The number of carbonyl (C=O) groups excluding carboxylic acids is 3. The molecule has 1 aliphatic heterocycles. The zero-order valence-corrected chi connectivity index (χ0v) is 24.6. The van der Waals surface area contributed by atoms with Crippen molar-refractivity contribution in [2.24, 2.45) is 13.0 Å². The van der Waals surface area contributed by atoms with Gasteiger partial charge in [-0.25, -0.2) is 13.2 Å². The molecule has 2 aliphatic rings. The number of benzene rings is 2. The minimum absolute atomic E-state index is 0.00646. The minimum atomic E-state index is -3.10. The largest absolute Gasteiger partial charge is 0.469 e. The zero-order valence-electron chi connectivity index (χ0n) is 23.9. The number of halogens is 4. The van der Waals surface area contributed by atoms with Crippen molar-refractivity contribution in [2.45, 2.75) is 56.6 Å². The van der Waals surface area contributed by atoms with Crippen LogP contribution in [0.4, 0.5) is 18.9 Å². The Morgan fingerprint density at radius 3 is 2.56 bits per heavy atom. The average Bonchev–Trinajstić information content (AvgIpc) is 3.49. The summed E-state index contributed by atoms with van der Waals surface area (Å²) in [6.07, 6.45) is 2.75. The second-order valence-electron chi connectivity index (χ2n) is 11.3. The van der Waals surface area contributed by atoms with Gasteiger partial charge in [0.25, 0.3) is 11.8 Å². The number of hydrogen-bond donors (Lipinski definition) is 1. The quantitative estimate of drug-likeness (QED) is 0.324. The first kappa shape index (κ1) is 30.9. The number of fused-ring (bicyclic) bond motifs is 1. The Morgan fingerprint density at radius 1 is 1.12 bits per heavy atom. The second-order valence-corrected chi connectivity index (χ2v) is 11.7. The van der Waals surface area contributed by atoms with Crippen LogP contribution in [0, 0.1) is 11.7 Å². The van der Waals surface area contributed by atoms with Gasteiger partial charge in [-0.15, -0.1) is 0 Å². The minimum Gasteiger partial charge on any atom is -0.469 e. The molecule has 3 aromatic rings. The van der Waals surface area contributed by atoms with E-state index in [4.69, 9.17) is 21.1 Å². The molecular formula is C31H33ClF3N3O5. The van der Waals surface area contributed by atoms with Crippen molar-refractivity contribution in [1.82, 2.24) is 9.47 Å². The summed E-state index contributed by atoms with van der Waals surface area (Å²) >= 11 is 6.37. The number of hydrogen-bond acceptors (Lipinski definition) is 5. The molecule has 5 rings (SSSR count). The summed E-state index contributed by atoms with van der Waals surface area (Å²) in [6, 6.07) is 8.71. The lowest BCUT2D eigenvalue weighted by molar-refractivity contribution is -0.148. The number of esters is 1. The van der Waals surface area contributed by atoms with E-state index in [1.54, 1.807) is 16.8 Å². The molecule has 2 heterocycles. The van der Waals surface area contributed by atoms with Crippen LogP contribution < -0.4 is 5.32 Å². The van der Waals surface area contributed by atoms with Crippen LogP contribution in [0.2, 0.25) is 5.02 Å². The number of aryl methyl sites for hydroxylation is 1. The van der Waals surface area contributed by atoms with E-state index in [1.807, 2.05) is 25.2 Å². The third-order valence-electron chi connectivity index (χ3n) is 8.30. The Balaban J connectivity index is 1.22. The molecule has 2 fully saturated rings. The normalized spacial score (nSPS) is 21.6. The number of para-hydroxylation sites is 1. The molecule has 43 heavy (non-hydrogen) atoms. The van der Waals surface area contributed by atoms with Gasteiger partial charge in [0, 0.05) is 30.6 Å². The molecule has 8 nitrogen and oxygen atoms in total.